The highest BCUT2D eigenvalue weighted by molar-refractivity contribution is 7.13. The van der Waals surface area contributed by atoms with Gasteiger partial charge in [-0.2, -0.15) is 0 Å². The van der Waals surface area contributed by atoms with Gasteiger partial charge in [0.2, 0.25) is 0 Å². The minimum atomic E-state index is 0.356. The standard InChI is InChI=1S/C9H17N3S/c1-5-10-7(2)8-6-13-9(11-8)12(3)4/h6-7,10H,5H2,1-4H3. The third kappa shape index (κ3) is 2.67. The molecule has 1 heterocycles. The van der Waals surface area contributed by atoms with E-state index in [4.69, 9.17) is 0 Å². The molecule has 13 heavy (non-hydrogen) atoms. The van der Waals surface area contributed by atoms with Crippen LogP contribution in [0.3, 0.4) is 0 Å². The zero-order chi connectivity index (χ0) is 9.84. The number of nitrogens with zero attached hydrogens (tertiary/aromatic N) is 2. The first-order valence-electron chi connectivity index (χ1n) is 4.51. The molecule has 0 aromatic carbocycles. The normalized spacial score (nSPS) is 12.9. The number of rotatable bonds is 4. The van der Waals surface area contributed by atoms with Crippen molar-refractivity contribution >= 4 is 16.5 Å². The predicted molar refractivity (Wildman–Crippen MR) is 58.5 cm³/mol. The number of thiazole rings is 1. The highest BCUT2D eigenvalue weighted by Gasteiger charge is 2.09. The van der Waals surface area contributed by atoms with Crippen LogP contribution in [0.4, 0.5) is 5.13 Å². The van der Waals surface area contributed by atoms with E-state index in [1.165, 1.54) is 0 Å². The Hall–Kier alpha value is -0.610. The van der Waals surface area contributed by atoms with E-state index in [2.05, 4.69) is 29.5 Å². The molecule has 0 aliphatic carbocycles. The third-order valence-electron chi connectivity index (χ3n) is 1.85. The molecular weight excluding hydrogens is 182 g/mol. The zero-order valence-corrected chi connectivity index (χ0v) is 9.48. The quantitative estimate of drug-likeness (QED) is 0.802. The molecule has 0 spiro atoms. The van der Waals surface area contributed by atoms with E-state index in [0.717, 1.165) is 17.4 Å². The Kier molecular flexibility index (Phi) is 3.69. The largest absolute Gasteiger partial charge is 0.354 e. The lowest BCUT2D eigenvalue weighted by molar-refractivity contribution is 0.586. The molecule has 1 rings (SSSR count). The molecular formula is C9H17N3S. The number of hydrogen-bond donors (Lipinski definition) is 1. The molecule has 1 N–H and O–H groups in total. The minimum absolute atomic E-state index is 0.356. The SMILES string of the molecule is CCNC(C)c1csc(N(C)C)n1. The van der Waals surface area contributed by atoms with Crippen LogP contribution in [0.1, 0.15) is 25.6 Å². The second-order valence-corrected chi connectivity index (χ2v) is 4.07. The Labute approximate surface area is 83.8 Å². The van der Waals surface area contributed by atoms with Gasteiger partial charge in [-0.25, -0.2) is 4.98 Å². The number of hydrogen-bond acceptors (Lipinski definition) is 4. The lowest BCUT2D eigenvalue weighted by Gasteiger charge is -2.09. The Morgan fingerprint density at radius 1 is 1.62 bits per heavy atom. The van der Waals surface area contributed by atoms with Gasteiger partial charge in [0, 0.05) is 25.5 Å². The monoisotopic (exact) mass is 199 g/mol. The van der Waals surface area contributed by atoms with Crippen molar-refractivity contribution in [3.8, 4) is 0 Å². The predicted octanol–water partition coefficient (Wildman–Crippen LogP) is 1.88. The lowest BCUT2D eigenvalue weighted by Crippen LogP contribution is -2.18. The summed E-state index contributed by atoms with van der Waals surface area (Å²) in [5, 5.41) is 6.52. The molecule has 0 radical (unpaired) electrons. The maximum atomic E-state index is 4.51. The van der Waals surface area contributed by atoms with Crippen molar-refractivity contribution in [2.24, 2.45) is 0 Å². The van der Waals surface area contributed by atoms with E-state index < -0.39 is 0 Å². The van der Waals surface area contributed by atoms with Crippen LogP contribution in [0.25, 0.3) is 0 Å². The van der Waals surface area contributed by atoms with Gasteiger partial charge in [0.05, 0.1) is 5.69 Å². The smallest absolute Gasteiger partial charge is 0.185 e. The van der Waals surface area contributed by atoms with E-state index in [1.807, 2.05) is 19.0 Å². The van der Waals surface area contributed by atoms with Crippen molar-refractivity contribution in [2.75, 3.05) is 25.5 Å². The average molecular weight is 199 g/mol. The first-order valence-corrected chi connectivity index (χ1v) is 5.39. The Balaban J connectivity index is 2.67. The molecule has 0 saturated carbocycles. The summed E-state index contributed by atoms with van der Waals surface area (Å²) in [5.74, 6) is 0. The van der Waals surface area contributed by atoms with E-state index in [9.17, 15) is 0 Å². The van der Waals surface area contributed by atoms with Gasteiger partial charge in [-0.05, 0) is 13.5 Å². The first kappa shape index (κ1) is 10.5. The van der Waals surface area contributed by atoms with Crippen molar-refractivity contribution in [3.63, 3.8) is 0 Å². The molecule has 4 heteroatoms. The second-order valence-electron chi connectivity index (χ2n) is 3.23. The Morgan fingerprint density at radius 2 is 2.31 bits per heavy atom. The molecule has 0 amide bonds. The third-order valence-corrected chi connectivity index (χ3v) is 2.87. The van der Waals surface area contributed by atoms with Gasteiger partial charge in [-0.1, -0.05) is 6.92 Å². The summed E-state index contributed by atoms with van der Waals surface area (Å²) in [5.41, 5.74) is 1.13. The first-order chi connectivity index (χ1) is 6.15. The fourth-order valence-electron chi connectivity index (χ4n) is 1.09. The maximum Gasteiger partial charge on any atom is 0.185 e. The molecule has 1 aromatic rings. The molecule has 0 bridgehead atoms. The topological polar surface area (TPSA) is 28.2 Å². The molecule has 0 aliphatic rings. The summed E-state index contributed by atoms with van der Waals surface area (Å²) >= 11 is 1.69. The van der Waals surface area contributed by atoms with Crippen LogP contribution in [0.15, 0.2) is 5.38 Å². The molecule has 0 aliphatic heterocycles. The Morgan fingerprint density at radius 3 is 2.77 bits per heavy atom. The molecule has 74 valence electrons. The van der Waals surface area contributed by atoms with Crippen LogP contribution in [-0.4, -0.2) is 25.6 Å². The number of aromatic nitrogens is 1. The van der Waals surface area contributed by atoms with Crippen molar-refractivity contribution in [3.05, 3.63) is 11.1 Å². The maximum absolute atomic E-state index is 4.51. The molecule has 1 unspecified atom stereocenters. The summed E-state index contributed by atoms with van der Waals surface area (Å²) in [7, 11) is 4.03. The highest BCUT2D eigenvalue weighted by Crippen LogP contribution is 2.21. The van der Waals surface area contributed by atoms with E-state index in [0.29, 0.717) is 6.04 Å². The van der Waals surface area contributed by atoms with E-state index in [-0.39, 0.29) is 0 Å². The van der Waals surface area contributed by atoms with Crippen LogP contribution in [0.2, 0.25) is 0 Å². The van der Waals surface area contributed by atoms with Crippen LogP contribution in [0, 0.1) is 0 Å². The van der Waals surface area contributed by atoms with Crippen molar-refractivity contribution in [1.82, 2.24) is 10.3 Å². The second kappa shape index (κ2) is 4.58. The number of nitrogens with one attached hydrogen (secondary N) is 1. The molecule has 3 nitrogen and oxygen atoms in total. The average Bonchev–Trinajstić information content (AvgIpc) is 2.52. The van der Waals surface area contributed by atoms with Gasteiger partial charge in [0.1, 0.15) is 0 Å². The van der Waals surface area contributed by atoms with Gasteiger partial charge < -0.3 is 10.2 Å². The van der Waals surface area contributed by atoms with Crippen molar-refractivity contribution < 1.29 is 0 Å². The summed E-state index contributed by atoms with van der Waals surface area (Å²) in [4.78, 5) is 6.54. The number of anilines is 1. The van der Waals surface area contributed by atoms with E-state index >= 15 is 0 Å². The molecule has 0 fully saturated rings. The molecule has 0 saturated heterocycles. The fraction of sp³-hybridized carbons (Fsp3) is 0.667. The summed E-state index contributed by atoms with van der Waals surface area (Å²) in [6.07, 6.45) is 0. The van der Waals surface area contributed by atoms with Gasteiger partial charge in [-0.3, -0.25) is 0 Å². The summed E-state index contributed by atoms with van der Waals surface area (Å²) in [6, 6.07) is 0.356. The lowest BCUT2D eigenvalue weighted by atomic mass is 10.3. The molecule has 1 atom stereocenters. The summed E-state index contributed by atoms with van der Waals surface area (Å²) in [6.45, 7) is 5.23. The fourth-order valence-corrected chi connectivity index (χ4v) is 1.94. The van der Waals surface area contributed by atoms with Crippen LogP contribution >= 0.6 is 11.3 Å². The van der Waals surface area contributed by atoms with Crippen LogP contribution in [0.5, 0.6) is 0 Å². The van der Waals surface area contributed by atoms with E-state index in [1.54, 1.807) is 11.3 Å². The van der Waals surface area contributed by atoms with Gasteiger partial charge in [0.15, 0.2) is 5.13 Å². The van der Waals surface area contributed by atoms with Gasteiger partial charge in [0.25, 0.3) is 0 Å². The van der Waals surface area contributed by atoms with Gasteiger partial charge >= 0.3 is 0 Å². The zero-order valence-electron chi connectivity index (χ0n) is 8.66. The van der Waals surface area contributed by atoms with Crippen molar-refractivity contribution in [1.29, 1.82) is 0 Å². The van der Waals surface area contributed by atoms with Crippen molar-refractivity contribution in [2.45, 2.75) is 19.9 Å². The highest BCUT2D eigenvalue weighted by atomic mass is 32.1. The molecule has 1 aromatic heterocycles. The minimum Gasteiger partial charge on any atom is -0.354 e. The van der Waals surface area contributed by atoms with Crippen LogP contribution in [-0.2, 0) is 0 Å². The summed E-state index contributed by atoms with van der Waals surface area (Å²) < 4.78 is 0. The van der Waals surface area contributed by atoms with Crippen LogP contribution < -0.4 is 10.2 Å². The Bertz CT molecular complexity index is 257. The van der Waals surface area contributed by atoms with Gasteiger partial charge in [-0.15, -0.1) is 11.3 Å².